The molecule has 10 nitrogen and oxygen atoms in total. The topological polar surface area (TPSA) is 122 Å². The van der Waals surface area contributed by atoms with Crippen LogP contribution in [-0.4, -0.2) is 58.4 Å². The van der Waals surface area contributed by atoms with Gasteiger partial charge >= 0.3 is 5.97 Å². The van der Waals surface area contributed by atoms with Crippen LogP contribution in [0.1, 0.15) is 99.1 Å². The number of rotatable bonds is 13. The molecule has 2 heterocycles. The first-order valence-corrected chi connectivity index (χ1v) is 23.3. The van der Waals surface area contributed by atoms with E-state index in [0.717, 1.165) is 61.9 Å². The summed E-state index contributed by atoms with van der Waals surface area (Å²) in [5, 5.41) is 4.16. The van der Waals surface area contributed by atoms with E-state index in [1.807, 2.05) is 43.5 Å². The fourth-order valence-corrected chi connectivity index (χ4v) is 11.4. The number of hydrogen-bond acceptors (Lipinski definition) is 10. The number of anilines is 1. The van der Waals surface area contributed by atoms with Gasteiger partial charge in [0.15, 0.2) is 11.5 Å². The van der Waals surface area contributed by atoms with E-state index in [4.69, 9.17) is 34.7 Å². The van der Waals surface area contributed by atoms with Gasteiger partial charge < -0.3 is 24.3 Å². The van der Waals surface area contributed by atoms with Crippen molar-refractivity contribution in [3.05, 3.63) is 106 Å². The third-order valence-electron chi connectivity index (χ3n) is 13.5. The Bertz CT molecular complexity index is 2290. The summed E-state index contributed by atoms with van der Waals surface area (Å²) in [4.78, 5) is 18.5. The Balaban J connectivity index is 1.01. The summed E-state index contributed by atoms with van der Waals surface area (Å²) in [7, 11) is -2.41. The van der Waals surface area contributed by atoms with Crippen molar-refractivity contribution < 1.29 is 36.3 Å². The highest BCUT2D eigenvalue weighted by Crippen LogP contribution is 2.58. The van der Waals surface area contributed by atoms with Crippen LogP contribution in [0.4, 0.5) is 5.69 Å². The van der Waals surface area contributed by atoms with Crippen molar-refractivity contribution >= 4 is 33.4 Å². The lowest BCUT2D eigenvalue weighted by molar-refractivity contribution is -0.148. The zero-order chi connectivity index (χ0) is 42.1. The SMILES string of the molecule is COC(=O)C1(Nc2cccc(Cl)c2)CCC2(CC1)c1cc3c(cc1C[C@@H]2C[C@@H](C)COc1ccnc2c1[C@H](C)CCC2)OCC(CCOS(=O)(=O)c1ccc(C)cc1)CO3. The van der Waals surface area contributed by atoms with E-state index < -0.39 is 15.7 Å². The monoisotopic (exact) mass is 856 g/mol. The molecule has 4 atom stereocenters. The Morgan fingerprint density at radius 3 is 2.50 bits per heavy atom. The Kier molecular flexibility index (Phi) is 12.4. The summed E-state index contributed by atoms with van der Waals surface area (Å²) >= 11 is 6.38. The number of methoxy groups -OCH3 is 1. The van der Waals surface area contributed by atoms with Crippen LogP contribution in [-0.2, 0) is 42.1 Å². The van der Waals surface area contributed by atoms with Crippen molar-refractivity contribution in [1.82, 2.24) is 4.98 Å². The quantitative estimate of drug-likeness (QED) is 0.103. The highest BCUT2D eigenvalue weighted by molar-refractivity contribution is 7.86. The molecule has 4 aliphatic rings. The molecule has 8 rings (SSSR count). The molecule has 4 aromatic rings. The minimum atomic E-state index is -3.87. The number of fused-ring (bicyclic) bond motifs is 4. The lowest BCUT2D eigenvalue weighted by Gasteiger charge is -2.47. The van der Waals surface area contributed by atoms with Gasteiger partial charge in [-0.05, 0) is 154 Å². The molecule has 1 unspecified atom stereocenters. The van der Waals surface area contributed by atoms with Crippen molar-refractivity contribution in [2.24, 2.45) is 17.8 Å². The van der Waals surface area contributed by atoms with Gasteiger partial charge in [-0.1, -0.05) is 49.2 Å². The largest absolute Gasteiger partial charge is 0.493 e. The number of benzene rings is 3. The zero-order valence-electron chi connectivity index (χ0n) is 35.1. The summed E-state index contributed by atoms with van der Waals surface area (Å²) in [6, 6.07) is 20.5. The normalized spacial score (nSPS) is 25.1. The molecule has 1 fully saturated rings. The smallest absolute Gasteiger partial charge is 0.331 e. The second-order valence-electron chi connectivity index (χ2n) is 17.7. The maximum atomic E-state index is 13.7. The number of carbonyl (C=O) groups excluding carboxylic acids is 1. The minimum Gasteiger partial charge on any atom is -0.493 e. The molecular weight excluding hydrogens is 800 g/mol. The van der Waals surface area contributed by atoms with Gasteiger partial charge in [-0.15, -0.1) is 0 Å². The Morgan fingerprint density at radius 2 is 1.77 bits per heavy atom. The molecule has 3 aliphatic carbocycles. The Morgan fingerprint density at radius 1 is 1.02 bits per heavy atom. The standard InChI is InChI=1S/C48H57ClN2O8S/c1-31-11-13-39(14-12-31)60(53,54)59-22-16-34-29-57-43-25-35-24-36(23-32(2)28-56-42-15-21-50-41-10-5-7-33(3)45(41)42)47(40(35)27-44(43)58-30-34)17-19-48(20-18-47,46(52)55-4)51-38-9-6-8-37(49)26-38/h6,8-9,11-15,21,25-27,32-34,36,51H,5,7,10,16-20,22-24,28-30H2,1-4H3/t32-,33-,34?,36+,47?,48?/m1/s1. The number of nitrogens with zero attached hydrogens (tertiary/aromatic N) is 1. The lowest BCUT2D eigenvalue weighted by Crippen LogP contribution is -2.53. The van der Waals surface area contributed by atoms with Crippen molar-refractivity contribution in [1.29, 1.82) is 0 Å². The number of aromatic nitrogens is 1. The average molecular weight is 858 g/mol. The fourth-order valence-electron chi connectivity index (χ4n) is 10.3. The number of aryl methyl sites for hydroxylation is 2. The molecule has 12 heteroatoms. The minimum absolute atomic E-state index is 0.0287. The van der Waals surface area contributed by atoms with E-state index in [1.54, 1.807) is 24.3 Å². The predicted octanol–water partition coefficient (Wildman–Crippen LogP) is 9.78. The molecule has 0 amide bonds. The molecule has 1 N–H and O–H groups in total. The highest BCUT2D eigenvalue weighted by atomic mass is 35.5. The molecule has 0 saturated heterocycles. The highest BCUT2D eigenvalue weighted by Gasteiger charge is 2.55. The molecule has 0 bridgehead atoms. The molecule has 1 aromatic heterocycles. The molecule has 1 saturated carbocycles. The van der Waals surface area contributed by atoms with E-state index in [0.29, 0.717) is 67.4 Å². The lowest BCUT2D eigenvalue weighted by atomic mass is 9.59. The first kappa shape index (κ1) is 42.4. The number of hydrogen-bond donors (Lipinski definition) is 1. The van der Waals surface area contributed by atoms with Crippen LogP contribution in [0.25, 0.3) is 0 Å². The number of halogens is 1. The zero-order valence-corrected chi connectivity index (χ0v) is 36.7. The first-order valence-electron chi connectivity index (χ1n) is 21.5. The van der Waals surface area contributed by atoms with Crippen LogP contribution in [0.2, 0.25) is 5.02 Å². The Labute approximate surface area is 359 Å². The van der Waals surface area contributed by atoms with Crippen LogP contribution in [0.3, 0.4) is 0 Å². The summed E-state index contributed by atoms with van der Waals surface area (Å²) < 4.78 is 56.1. The van der Waals surface area contributed by atoms with Crippen LogP contribution in [0.5, 0.6) is 17.2 Å². The number of ether oxygens (including phenoxy) is 4. The number of carbonyl (C=O) groups is 1. The molecule has 0 radical (unpaired) electrons. The van der Waals surface area contributed by atoms with Gasteiger partial charge in [-0.3, -0.25) is 9.17 Å². The summed E-state index contributed by atoms with van der Waals surface area (Å²) in [6.45, 7) is 7.86. The third-order valence-corrected chi connectivity index (χ3v) is 15.1. The van der Waals surface area contributed by atoms with E-state index in [2.05, 4.69) is 36.3 Å². The van der Waals surface area contributed by atoms with Gasteiger partial charge in [0, 0.05) is 34.1 Å². The molecule has 1 aliphatic heterocycles. The third kappa shape index (κ3) is 8.72. The molecule has 1 spiro atoms. The summed E-state index contributed by atoms with van der Waals surface area (Å²) in [5.74, 6) is 3.02. The van der Waals surface area contributed by atoms with Gasteiger partial charge in [-0.2, -0.15) is 8.42 Å². The van der Waals surface area contributed by atoms with E-state index in [-0.39, 0.29) is 34.7 Å². The van der Waals surface area contributed by atoms with Crippen molar-refractivity contribution in [2.45, 2.75) is 107 Å². The van der Waals surface area contributed by atoms with Crippen molar-refractivity contribution in [2.75, 3.05) is 38.9 Å². The van der Waals surface area contributed by atoms with Crippen LogP contribution in [0.15, 0.2) is 77.8 Å². The summed E-state index contributed by atoms with van der Waals surface area (Å²) in [5.41, 5.74) is 5.57. The number of esters is 1. The number of nitrogens with one attached hydrogen (secondary N) is 1. The van der Waals surface area contributed by atoms with Gasteiger partial charge in [0.2, 0.25) is 0 Å². The van der Waals surface area contributed by atoms with Crippen molar-refractivity contribution in [3.63, 3.8) is 0 Å². The van der Waals surface area contributed by atoms with Gasteiger partial charge in [0.1, 0.15) is 11.3 Å². The second-order valence-corrected chi connectivity index (χ2v) is 19.8. The average Bonchev–Trinajstić information content (AvgIpc) is 3.36. The second kappa shape index (κ2) is 17.6. The predicted molar refractivity (Wildman–Crippen MR) is 232 cm³/mol. The van der Waals surface area contributed by atoms with Crippen LogP contribution < -0.4 is 19.5 Å². The number of pyridine rings is 1. The molecule has 3 aromatic carbocycles. The molecule has 60 heavy (non-hydrogen) atoms. The maximum absolute atomic E-state index is 13.7. The van der Waals surface area contributed by atoms with Crippen LogP contribution >= 0.6 is 11.6 Å². The fraction of sp³-hybridized carbons (Fsp3) is 0.500. The van der Waals surface area contributed by atoms with Crippen LogP contribution in [0, 0.1) is 24.7 Å². The van der Waals surface area contributed by atoms with E-state index in [1.165, 1.54) is 29.5 Å². The van der Waals surface area contributed by atoms with E-state index in [9.17, 15) is 13.2 Å². The maximum Gasteiger partial charge on any atom is 0.331 e. The first-order chi connectivity index (χ1) is 28.9. The van der Waals surface area contributed by atoms with Gasteiger partial charge in [0.25, 0.3) is 10.1 Å². The van der Waals surface area contributed by atoms with Gasteiger partial charge in [0.05, 0.1) is 38.4 Å². The van der Waals surface area contributed by atoms with E-state index >= 15 is 0 Å². The molecular formula is C48H57ClN2O8S. The van der Waals surface area contributed by atoms with Crippen molar-refractivity contribution in [3.8, 4) is 17.2 Å². The summed E-state index contributed by atoms with van der Waals surface area (Å²) in [6.07, 6.45) is 10.2. The Hall–Kier alpha value is -4.32. The van der Waals surface area contributed by atoms with Gasteiger partial charge in [-0.25, -0.2) is 4.79 Å². The molecule has 320 valence electrons.